The fourth-order valence-corrected chi connectivity index (χ4v) is 5.63. The van der Waals surface area contributed by atoms with E-state index in [1.807, 2.05) is 0 Å². The Bertz CT molecular complexity index is 861. The number of esters is 2. The Morgan fingerprint density at radius 3 is 1.65 bits per heavy atom. The molecule has 6 atom stereocenters. The average molecular weight is 699 g/mol. The van der Waals surface area contributed by atoms with Gasteiger partial charge in [-0.15, -0.1) is 0 Å². The normalized spacial score (nSPS) is 21.8. The second kappa shape index (κ2) is 31.0. The quantitative estimate of drug-likeness (QED) is 0.0339. The van der Waals surface area contributed by atoms with Crippen molar-refractivity contribution in [1.82, 2.24) is 0 Å². The standard InChI is InChI=1S/C39H70O10/c1-3-5-7-9-11-13-15-16-18-20-22-24-26-28-35(42)48-32(31-47-39-38(45)37(44)36(43)33(29-40)49-39)30-46-34(41)27-25-23-21-19-17-14-12-10-8-6-4-2/h10,12-13,15,32-33,36-40,43-45H,3-9,11,14,16-31H2,1-2H3/b12-10+,15-13+/t32-,33-,36+,37?,38?,39-/m1/s1. The van der Waals surface area contributed by atoms with E-state index in [0.717, 1.165) is 77.0 Å². The van der Waals surface area contributed by atoms with Gasteiger partial charge in [-0.05, 0) is 57.8 Å². The minimum atomic E-state index is -1.59. The van der Waals surface area contributed by atoms with Gasteiger partial charge in [0, 0.05) is 12.8 Å². The molecule has 1 saturated heterocycles. The number of unbranched alkanes of at least 4 members (excludes halogenated alkanes) is 16. The van der Waals surface area contributed by atoms with Gasteiger partial charge in [-0.2, -0.15) is 0 Å². The Morgan fingerprint density at radius 2 is 1.10 bits per heavy atom. The Hall–Kier alpha value is -1.82. The smallest absolute Gasteiger partial charge is 0.306 e. The predicted molar refractivity (Wildman–Crippen MR) is 192 cm³/mol. The lowest BCUT2D eigenvalue weighted by molar-refractivity contribution is -0.305. The summed E-state index contributed by atoms with van der Waals surface area (Å²) in [6.45, 7) is 3.33. The van der Waals surface area contributed by atoms with Crippen molar-refractivity contribution in [3.63, 3.8) is 0 Å². The molecule has 0 aromatic rings. The second-order valence-corrected chi connectivity index (χ2v) is 13.4. The van der Waals surface area contributed by atoms with Gasteiger partial charge in [0.15, 0.2) is 12.4 Å². The van der Waals surface area contributed by atoms with Crippen LogP contribution in [0.1, 0.15) is 155 Å². The summed E-state index contributed by atoms with van der Waals surface area (Å²) in [5.74, 6) is -0.830. The largest absolute Gasteiger partial charge is 0.462 e. The molecule has 2 unspecified atom stereocenters. The van der Waals surface area contributed by atoms with Gasteiger partial charge in [0.2, 0.25) is 0 Å². The highest BCUT2D eigenvalue weighted by Gasteiger charge is 2.44. The zero-order valence-corrected chi connectivity index (χ0v) is 30.7. The van der Waals surface area contributed by atoms with E-state index in [-0.39, 0.29) is 32.0 Å². The Balaban J connectivity index is 2.41. The van der Waals surface area contributed by atoms with Crippen LogP contribution in [0.25, 0.3) is 0 Å². The molecular weight excluding hydrogens is 628 g/mol. The molecule has 0 amide bonds. The summed E-state index contributed by atoms with van der Waals surface area (Å²) in [7, 11) is 0. The van der Waals surface area contributed by atoms with Gasteiger partial charge in [-0.1, -0.05) is 109 Å². The van der Waals surface area contributed by atoms with Crippen LogP contribution >= 0.6 is 0 Å². The van der Waals surface area contributed by atoms with Gasteiger partial charge >= 0.3 is 11.9 Å². The second-order valence-electron chi connectivity index (χ2n) is 13.4. The number of hydrogen-bond acceptors (Lipinski definition) is 10. The molecule has 1 aliphatic rings. The molecule has 1 aliphatic heterocycles. The summed E-state index contributed by atoms with van der Waals surface area (Å²) >= 11 is 0. The topological polar surface area (TPSA) is 152 Å². The number of aliphatic hydroxyl groups is 4. The molecule has 0 spiro atoms. The van der Waals surface area contributed by atoms with E-state index in [1.165, 1.54) is 38.5 Å². The Kier molecular flexibility index (Phi) is 28.6. The molecule has 10 heteroatoms. The molecule has 0 bridgehead atoms. The van der Waals surface area contributed by atoms with Crippen LogP contribution in [0.3, 0.4) is 0 Å². The van der Waals surface area contributed by atoms with Gasteiger partial charge in [0.1, 0.15) is 31.0 Å². The van der Waals surface area contributed by atoms with E-state index < -0.39 is 49.4 Å². The van der Waals surface area contributed by atoms with Gasteiger partial charge < -0.3 is 39.4 Å². The highest BCUT2D eigenvalue weighted by atomic mass is 16.7. The summed E-state index contributed by atoms with van der Waals surface area (Å²) in [4.78, 5) is 25.1. The van der Waals surface area contributed by atoms with E-state index in [9.17, 15) is 30.0 Å². The predicted octanol–water partition coefficient (Wildman–Crippen LogP) is 6.99. The maximum Gasteiger partial charge on any atom is 0.306 e. The molecule has 0 aliphatic carbocycles. The van der Waals surface area contributed by atoms with Gasteiger partial charge in [0.25, 0.3) is 0 Å². The van der Waals surface area contributed by atoms with Gasteiger partial charge in [-0.3, -0.25) is 9.59 Å². The molecule has 49 heavy (non-hydrogen) atoms. The molecule has 4 N–H and O–H groups in total. The van der Waals surface area contributed by atoms with Crippen molar-refractivity contribution in [3.05, 3.63) is 24.3 Å². The van der Waals surface area contributed by atoms with Crippen molar-refractivity contribution in [2.45, 2.75) is 192 Å². The third-order valence-corrected chi connectivity index (χ3v) is 8.81. The van der Waals surface area contributed by atoms with E-state index in [1.54, 1.807) is 0 Å². The highest BCUT2D eigenvalue weighted by molar-refractivity contribution is 5.70. The maximum absolute atomic E-state index is 12.7. The van der Waals surface area contributed by atoms with Gasteiger partial charge in [0.05, 0.1) is 13.2 Å². The third kappa shape index (κ3) is 23.3. The number of carbonyl (C=O) groups is 2. The Labute approximate surface area is 296 Å². The van der Waals surface area contributed by atoms with Crippen molar-refractivity contribution in [2.24, 2.45) is 0 Å². The summed E-state index contributed by atoms with van der Waals surface area (Å²) in [5.41, 5.74) is 0. The molecule has 1 fully saturated rings. The number of rotatable bonds is 31. The minimum absolute atomic E-state index is 0.219. The summed E-state index contributed by atoms with van der Waals surface area (Å²) in [5, 5.41) is 39.9. The molecule has 10 nitrogen and oxygen atoms in total. The van der Waals surface area contributed by atoms with Crippen LogP contribution in [0, 0.1) is 0 Å². The summed E-state index contributed by atoms with van der Waals surface area (Å²) < 4.78 is 22.0. The lowest BCUT2D eigenvalue weighted by Crippen LogP contribution is -2.59. The molecule has 0 aromatic heterocycles. The zero-order chi connectivity index (χ0) is 36.0. The van der Waals surface area contributed by atoms with E-state index in [2.05, 4.69) is 38.2 Å². The number of aliphatic hydroxyl groups excluding tert-OH is 4. The van der Waals surface area contributed by atoms with Crippen LogP contribution in [0.4, 0.5) is 0 Å². The molecule has 286 valence electrons. The van der Waals surface area contributed by atoms with Crippen LogP contribution in [-0.4, -0.2) is 89.0 Å². The molecule has 0 radical (unpaired) electrons. The fourth-order valence-electron chi connectivity index (χ4n) is 5.63. The number of allylic oxidation sites excluding steroid dienone is 4. The summed E-state index contributed by atoms with van der Waals surface area (Å²) in [6.07, 6.45) is 23.3. The first-order chi connectivity index (χ1) is 23.8. The van der Waals surface area contributed by atoms with Crippen LogP contribution in [-0.2, 0) is 28.5 Å². The third-order valence-electron chi connectivity index (χ3n) is 8.81. The SMILES string of the molecule is CCCC/C=C/CCCCCCCC(=O)OC[C@H](CO[C@@H]1O[C@H](CO)[C@H](O)C(O)C1O)OC(=O)CCCCCCC/C=C/CCCCCC. The van der Waals surface area contributed by atoms with Crippen molar-refractivity contribution in [2.75, 3.05) is 19.8 Å². The maximum atomic E-state index is 12.7. The monoisotopic (exact) mass is 698 g/mol. The van der Waals surface area contributed by atoms with Crippen molar-refractivity contribution >= 4 is 11.9 Å². The first-order valence-electron chi connectivity index (χ1n) is 19.4. The minimum Gasteiger partial charge on any atom is -0.462 e. The first-order valence-corrected chi connectivity index (χ1v) is 19.4. The van der Waals surface area contributed by atoms with E-state index in [4.69, 9.17) is 18.9 Å². The van der Waals surface area contributed by atoms with Crippen molar-refractivity contribution in [1.29, 1.82) is 0 Å². The first kappa shape index (κ1) is 45.2. The molecule has 1 heterocycles. The molecular formula is C39H70O10. The average Bonchev–Trinajstić information content (AvgIpc) is 3.10. The lowest BCUT2D eigenvalue weighted by Gasteiger charge is -2.39. The summed E-state index contributed by atoms with van der Waals surface area (Å²) in [6, 6.07) is 0. The molecule has 0 saturated carbocycles. The lowest BCUT2D eigenvalue weighted by atomic mass is 9.99. The van der Waals surface area contributed by atoms with Crippen molar-refractivity contribution in [3.8, 4) is 0 Å². The van der Waals surface area contributed by atoms with Crippen LogP contribution in [0.2, 0.25) is 0 Å². The van der Waals surface area contributed by atoms with Crippen LogP contribution in [0.5, 0.6) is 0 Å². The fraction of sp³-hybridized carbons (Fsp3) is 0.846. The molecule has 1 rings (SSSR count). The van der Waals surface area contributed by atoms with Crippen molar-refractivity contribution < 1.29 is 49.0 Å². The van der Waals surface area contributed by atoms with E-state index in [0.29, 0.717) is 12.8 Å². The number of ether oxygens (including phenoxy) is 4. The van der Waals surface area contributed by atoms with Gasteiger partial charge in [-0.25, -0.2) is 0 Å². The highest BCUT2D eigenvalue weighted by Crippen LogP contribution is 2.22. The van der Waals surface area contributed by atoms with E-state index >= 15 is 0 Å². The van der Waals surface area contributed by atoms with Crippen LogP contribution in [0.15, 0.2) is 24.3 Å². The zero-order valence-electron chi connectivity index (χ0n) is 30.7. The number of hydrogen-bond donors (Lipinski definition) is 4. The Morgan fingerprint density at radius 1 is 0.612 bits per heavy atom. The van der Waals surface area contributed by atoms with Crippen LogP contribution < -0.4 is 0 Å². The number of carbonyl (C=O) groups excluding carboxylic acids is 2. The molecule has 0 aromatic carbocycles.